The van der Waals surface area contributed by atoms with E-state index in [-0.39, 0.29) is 0 Å². The highest BCUT2D eigenvalue weighted by Crippen LogP contribution is 2.35. The minimum absolute atomic E-state index is 0.540. The van der Waals surface area contributed by atoms with Gasteiger partial charge in [0, 0.05) is 18.7 Å². The molecule has 1 saturated heterocycles. The maximum Gasteiger partial charge on any atom is 0.310 e. The van der Waals surface area contributed by atoms with Crippen LogP contribution in [0, 0.1) is 16.7 Å². The van der Waals surface area contributed by atoms with Crippen LogP contribution < -0.4 is 4.74 Å². The number of benzene rings is 1. The Hall–Kier alpha value is -2.06. The second-order valence-electron chi connectivity index (χ2n) is 5.54. The molecule has 0 saturated carbocycles. The monoisotopic (exact) mass is 288 g/mol. The van der Waals surface area contributed by atoms with Crippen LogP contribution in [0.2, 0.25) is 0 Å². The van der Waals surface area contributed by atoms with E-state index in [4.69, 9.17) is 10.00 Å². The Kier molecular flexibility index (Phi) is 4.49. The van der Waals surface area contributed by atoms with Gasteiger partial charge in [-0.25, -0.2) is 0 Å². The van der Waals surface area contributed by atoms with Crippen LogP contribution in [0.3, 0.4) is 0 Å². The van der Waals surface area contributed by atoms with Crippen LogP contribution >= 0.6 is 0 Å². The first-order valence-corrected chi connectivity index (χ1v) is 7.07. The van der Waals surface area contributed by atoms with Crippen molar-refractivity contribution < 1.29 is 14.6 Å². The summed E-state index contributed by atoms with van der Waals surface area (Å²) in [5.74, 6) is 0.0172. The number of rotatable bonds is 5. The third kappa shape index (κ3) is 3.01. The quantitative estimate of drug-likeness (QED) is 0.899. The highest BCUT2D eigenvalue weighted by Gasteiger charge is 2.43. The standard InChI is InChI=1S/C16H20N2O3/c1-3-16(15(19)20)6-7-18(11-16)10-13-8-12(9-17)4-5-14(13)21-2/h4-5,8H,3,6-7,10-11H2,1-2H3,(H,19,20). The van der Waals surface area contributed by atoms with Crippen LogP contribution in [0.5, 0.6) is 5.75 Å². The fraction of sp³-hybridized carbons (Fsp3) is 0.500. The van der Waals surface area contributed by atoms with Gasteiger partial charge >= 0.3 is 5.97 Å². The van der Waals surface area contributed by atoms with E-state index < -0.39 is 11.4 Å². The van der Waals surface area contributed by atoms with Crippen molar-refractivity contribution in [3.8, 4) is 11.8 Å². The lowest BCUT2D eigenvalue weighted by Crippen LogP contribution is -2.33. The second kappa shape index (κ2) is 6.15. The third-order valence-electron chi connectivity index (χ3n) is 4.37. The number of carbonyl (C=O) groups is 1. The van der Waals surface area contributed by atoms with Crippen molar-refractivity contribution in [3.63, 3.8) is 0 Å². The van der Waals surface area contributed by atoms with Gasteiger partial charge < -0.3 is 9.84 Å². The summed E-state index contributed by atoms with van der Waals surface area (Å²) in [6.07, 6.45) is 1.30. The van der Waals surface area contributed by atoms with Gasteiger partial charge in [0.25, 0.3) is 0 Å². The fourth-order valence-corrected chi connectivity index (χ4v) is 2.92. The Bertz CT molecular complexity index is 579. The summed E-state index contributed by atoms with van der Waals surface area (Å²) in [5, 5.41) is 18.4. The van der Waals surface area contributed by atoms with Gasteiger partial charge in [0.2, 0.25) is 0 Å². The summed E-state index contributed by atoms with van der Waals surface area (Å²) in [7, 11) is 1.60. The molecule has 1 aromatic carbocycles. The first-order valence-electron chi connectivity index (χ1n) is 7.07. The maximum atomic E-state index is 11.5. The smallest absolute Gasteiger partial charge is 0.310 e. The Morgan fingerprint density at radius 2 is 2.33 bits per heavy atom. The molecule has 0 radical (unpaired) electrons. The van der Waals surface area contributed by atoms with Crippen molar-refractivity contribution in [1.82, 2.24) is 4.90 Å². The summed E-state index contributed by atoms with van der Waals surface area (Å²) >= 11 is 0. The van der Waals surface area contributed by atoms with E-state index in [1.807, 2.05) is 13.0 Å². The van der Waals surface area contributed by atoms with Crippen LogP contribution in [-0.4, -0.2) is 36.2 Å². The number of aliphatic carboxylic acids is 1. The highest BCUT2D eigenvalue weighted by molar-refractivity contribution is 5.75. The Morgan fingerprint density at radius 3 is 2.86 bits per heavy atom. The fourth-order valence-electron chi connectivity index (χ4n) is 2.92. The van der Waals surface area contributed by atoms with E-state index >= 15 is 0 Å². The van der Waals surface area contributed by atoms with E-state index in [0.29, 0.717) is 31.5 Å². The van der Waals surface area contributed by atoms with Crippen molar-refractivity contribution in [2.24, 2.45) is 5.41 Å². The molecular formula is C16H20N2O3. The summed E-state index contributed by atoms with van der Waals surface area (Å²) in [6, 6.07) is 7.44. The summed E-state index contributed by atoms with van der Waals surface area (Å²) in [6.45, 7) is 3.82. The minimum atomic E-state index is -0.717. The van der Waals surface area contributed by atoms with E-state index in [1.54, 1.807) is 19.2 Å². The van der Waals surface area contributed by atoms with Gasteiger partial charge in [0.1, 0.15) is 5.75 Å². The minimum Gasteiger partial charge on any atom is -0.496 e. The topological polar surface area (TPSA) is 73.6 Å². The maximum absolute atomic E-state index is 11.5. The first-order chi connectivity index (χ1) is 10.0. The van der Waals surface area contributed by atoms with Crippen LogP contribution in [0.4, 0.5) is 0 Å². The number of nitriles is 1. The van der Waals surface area contributed by atoms with Gasteiger partial charge in [-0.2, -0.15) is 5.26 Å². The molecule has 1 fully saturated rings. The number of likely N-dealkylation sites (tertiary alicyclic amines) is 1. The first kappa shape index (κ1) is 15.3. The molecule has 1 heterocycles. The predicted octanol–water partition coefficient (Wildman–Crippen LogP) is 2.25. The summed E-state index contributed by atoms with van der Waals surface area (Å²) < 4.78 is 5.33. The zero-order chi connectivity index (χ0) is 15.5. The van der Waals surface area contributed by atoms with Crippen LogP contribution in [-0.2, 0) is 11.3 Å². The van der Waals surface area contributed by atoms with Gasteiger partial charge in [-0.15, -0.1) is 0 Å². The van der Waals surface area contributed by atoms with Crippen molar-refractivity contribution in [2.75, 3.05) is 20.2 Å². The molecule has 0 aliphatic carbocycles. The molecular weight excluding hydrogens is 268 g/mol. The SMILES string of the molecule is CCC1(C(=O)O)CCN(Cc2cc(C#N)ccc2OC)C1. The average Bonchev–Trinajstić information content (AvgIpc) is 2.92. The lowest BCUT2D eigenvalue weighted by atomic mass is 9.84. The molecule has 1 N–H and O–H groups in total. The molecule has 0 aromatic heterocycles. The second-order valence-corrected chi connectivity index (χ2v) is 5.54. The van der Waals surface area contributed by atoms with Crippen LogP contribution in [0.15, 0.2) is 18.2 Å². The summed E-state index contributed by atoms with van der Waals surface area (Å²) in [4.78, 5) is 13.6. The molecule has 5 nitrogen and oxygen atoms in total. The van der Waals surface area contributed by atoms with Gasteiger partial charge in [-0.3, -0.25) is 9.69 Å². The summed E-state index contributed by atoms with van der Waals surface area (Å²) in [5.41, 5.74) is 0.874. The Morgan fingerprint density at radius 1 is 1.57 bits per heavy atom. The van der Waals surface area contributed by atoms with Gasteiger partial charge in [-0.1, -0.05) is 6.92 Å². The molecule has 0 bridgehead atoms. The highest BCUT2D eigenvalue weighted by atomic mass is 16.5. The molecule has 5 heteroatoms. The number of nitrogens with zero attached hydrogens (tertiary/aromatic N) is 2. The van der Waals surface area contributed by atoms with Crippen molar-refractivity contribution in [1.29, 1.82) is 5.26 Å². The van der Waals surface area contributed by atoms with Gasteiger partial charge in [-0.05, 0) is 37.6 Å². The predicted molar refractivity (Wildman–Crippen MR) is 78.0 cm³/mol. The number of methoxy groups -OCH3 is 1. The number of hydrogen-bond acceptors (Lipinski definition) is 4. The van der Waals surface area contributed by atoms with E-state index in [2.05, 4.69) is 11.0 Å². The molecule has 112 valence electrons. The molecule has 21 heavy (non-hydrogen) atoms. The van der Waals surface area contributed by atoms with Crippen LogP contribution in [0.25, 0.3) is 0 Å². The molecule has 1 aromatic rings. The Balaban J connectivity index is 2.17. The van der Waals surface area contributed by atoms with E-state index in [1.165, 1.54) is 0 Å². The lowest BCUT2D eigenvalue weighted by molar-refractivity contribution is -0.148. The third-order valence-corrected chi connectivity index (χ3v) is 4.37. The van der Waals surface area contributed by atoms with Crippen molar-refractivity contribution in [2.45, 2.75) is 26.3 Å². The normalized spacial score (nSPS) is 22.0. The lowest BCUT2D eigenvalue weighted by Gasteiger charge is -2.23. The molecule has 1 aliphatic rings. The molecule has 1 unspecified atom stereocenters. The van der Waals surface area contributed by atoms with Gasteiger partial charge in [0.05, 0.1) is 24.2 Å². The van der Waals surface area contributed by atoms with Crippen molar-refractivity contribution >= 4 is 5.97 Å². The van der Waals surface area contributed by atoms with E-state index in [0.717, 1.165) is 17.9 Å². The number of hydrogen-bond donors (Lipinski definition) is 1. The molecule has 1 aliphatic heterocycles. The largest absolute Gasteiger partial charge is 0.496 e. The Labute approximate surface area is 124 Å². The molecule has 1 atom stereocenters. The number of carboxylic acid groups (broad SMARTS) is 1. The van der Waals surface area contributed by atoms with Gasteiger partial charge in [0.15, 0.2) is 0 Å². The zero-order valence-corrected chi connectivity index (χ0v) is 12.4. The average molecular weight is 288 g/mol. The van der Waals surface area contributed by atoms with Crippen molar-refractivity contribution in [3.05, 3.63) is 29.3 Å². The molecule has 0 amide bonds. The molecule has 2 rings (SSSR count). The number of ether oxygens (including phenoxy) is 1. The van der Waals surface area contributed by atoms with E-state index in [9.17, 15) is 9.90 Å². The van der Waals surface area contributed by atoms with Crippen LogP contribution in [0.1, 0.15) is 30.9 Å². The zero-order valence-electron chi connectivity index (χ0n) is 12.4. The number of carboxylic acids is 1. The molecule has 0 spiro atoms.